The Morgan fingerprint density at radius 1 is 1.22 bits per heavy atom. The topological polar surface area (TPSA) is 86.0 Å². The summed E-state index contributed by atoms with van der Waals surface area (Å²) in [6.07, 6.45) is 1.67. The Kier molecular flexibility index (Phi) is 3.38. The van der Waals surface area contributed by atoms with Crippen LogP contribution in [0.15, 0.2) is 18.3 Å². The van der Waals surface area contributed by atoms with Crippen molar-refractivity contribution in [3.05, 3.63) is 29.6 Å². The first kappa shape index (κ1) is 12.3. The number of hydrazine groups is 1. The number of hydrogen-bond acceptors (Lipinski definition) is 6. The van der Waals surface area contributed by atoms with Gasteiger partial charge in [-0.15, -0.1) is 0 Å². The summed E-state index contributed by atoms with van der Waals surface area (Å²) in [4.78, 5) is 12.9. The molecule has 6 heteroatoms. The highest BCUT2D eigenvalue weighted by Gasteiger charge is 2.09. The van der Waals surface area contributed by atoms with Gasteiger partial charge in [0, 0.05) is 29.1 Å². The van der Waals surface area contributed by atoms with Crippen LogP contribution < -0.4 is 16.0 Å². The first-order valence-electron chi connectivity index (χ1n) is 5.48. The summed E-state index contributed by atoms with van der Waals surface area (Å²) in [5, 5.41) is 0. The number of ether oxygens (including phenoxy) is 1. The molecular weight excluding hydrogens is 230 g/mol. The van der Waals surface area contributed by atoms with Crippen LogP contribution in [-0.2, 0) is 0 Å². The van der Waals surface area contributed by atoms with Gasteiger partial charge in [-0.3, -0.25) is 0 Å². The van der Waals surface area contributed by atoms with Crippen molar-refractivity contribution in [1.29, 1.82) is 0 Å². The molecule has 0 aliphatic carbocycles. The number of aromatic nitrogens is 3. The molecule has 0 radical (unpaired) electrons. The van der Waals surface area contributed by atoms with Gasteiger partial charge < -0.3 is 10.2 Å². The first-order valence-corrected chi connectivity index (χ1v) is 5.48. The molecule has 0 unspecified atom stereocenters. The highest BCUT2D eigenvalue weighted by Crippen LogP contribution is 2.21. The highest BCUT2D eigenvalue weighted by atomic mass is 16.5. The fourth-order valence-electron chi connectivity index (χ4n) is 1.53. The SMILES string of the molecule is COc1ccc(-c2nc(C)c(C)c(NN)n2)cn1. The molecule has 6 nitrogen and oxygen atoms in total. The molecule has 0 fully saturated rings. The number of nitrogens with zero attached hydrogens (tertiary/aromatic N) is 3. The maximum Gasteiger partial charge on any atom is 0.212 e. The summed E-state index contributed by atoms with van der Waals surface area (Å²) in [5.41, 5.74) is 5.20. The van der Waals surface area contributed by atoms with E-state index in [-0.39, 0.29) is 0 Å². The zero-order valence-corrected chi connectivity index (χ0v) is 10.6. The van der Waals surface area contributed by atoms with E-state index in [1.807, 2.05) is 19.9 Å². The molecule has 3 N–H and O–H groups in total. The van der Waals surface area contributed by atoms with Crippen LogP contribution in [0.25, 0.3) is 11.4 Å². The van der Waals surface area contributed by atoms with Gasteiger partial charge in [0.2, 0.25) is 5.88 Å². The van der Waals surface area contributed by atoms with Gasteiger partial charge in [-0.2, -0.15) is 0 Å². The average Bonchev–Trinajstić information content (AvgIpc) is 2.42. The lowest BCUT2D eigenvalue weighted by Gasteiger charge is -2.09. The number of anilines is 1. The minimum absolute atomic E-state index is 0.555. The number of aryl methyl sites for hydroxylation is 1. The number of nitrogens with two attached hydrogens (primary N) is 1. The Balaban J connectivity index is 2.46. The summed E-state index contributed by atoms with van der Waals surface area (Å²) in [6, 6.07) is 3.62. The summed E-state index contributed by atoms with van der Waals surface area (Å²) in [7, 11) is 1.57. The molecule has 0 aromatic carbocycles. The molecule has 2 aromatic rings. The van der Waals surface area contributed by atoms with Crippen molar-refractivity contribution in [3.63, 3.8) is 0 Å². The van der Waals surface area contributed by atoms with E-state index >= 15 is 0 Å². The van der Waals surface area contributed by atoms with Gasteiger partial charge >= 0.3 is 0 Å². The second-order valence-corrected chi connectivity index (χ2v) is 3.84. The van der Waals surface area contributed by atoms with Crippen LogP contribution in [-0.4, -0.2) is 22.1 Å². The Morgan fingerprint density at radius 3 is 2.56 bits per heavy atom. The second kappa shape index (κ2) is 4.97. The van der Waals surface area contributed by atoms with E-state index in [4.69, 9.17) is 10.6 Å². The van der Waals surface area contributed by atoms with Crippen molar-refractivity contribution >= 4 is 5.82 Å². The summed E-state index contributed by atoms with van der Waals surface area (Å²) < 4.78 is 5.01. The lowest BCUT2D eigenvalue weighted by atomic mass is 10.2. The van der Waals surface area contributed by atoms with Crippen LogP contribution in [0.4, 0.5) is 5.82 Å². The molecular formula is C12H15N5O. The van der Waals surface area contributed by atoms with Crippen molar-refractivity contribution in [1.82, 2.24) is 15.0 Å². The smallest absolute Gasteiger partial charge is 0.212 e. The average molecular weight is 245 g/mol. The standard InChI is InChI=1S/C12H15N5O/c1-7-8(2)15-12(16-11(7)17-13)9-4-5-10(18-3)14-6-9/h4-6H,13H2,1-3H3,(H,15,16,17). The first-order chi connectivity index (χ1) is 8.65. The Hall–Kier alpha value is -2.21. The van der Waals surface area contributed by atoms with E-state index in [1.54, 1.807) is 19.4 Å². The van der Waals surface area contributed by atoms with Gasteiger partial charge in [0.15, 0.2) is 5.82 Å². The van der Waals surface area contributed by atoms with Gasteiger partial charge in [0.1, 0.15) is 5.82 Å². The monoisotopic (exact) mass is 245 g/mol. The van der Waals surface area contributed by atoms with Crippen LogP contribution in [0.2, 0.25) is 0 Å². The second-order valence-electron chi connectivity index (χ2n) is 3.84. The molecule has 0 saturated heterocycles. The molecule has 0 spiro atoms. The number of hydrogen-bond donors (Lipinski definition) is 2. The third kappa shape index (κ3) is 2.23. The quantitative estimate of drug-likeness (QED) is 0.628. The third-order valence-corrected chi connectivity index (χ3v) is 2.73. The summed E-state index contributed by atoms with van der Waals surface area (Å²) in [5.74, 6) is 7.19. The third-order valence-electron chi connectivity index (χ3n) is 2.73. The summed E-state index contributed by atoms with van der Waals surface area (Å²) >= 11 is 0. The van der Waals surface area contributed by atoms with Crippen LogP contribution >= 0.6 is 0 Å². The van der Waals surface area contributed by atoms with Crippen molar-refractivity contribution in [3.8, 4) is 17.3 Å². The van der Waals surface area contributed by atoms with Crippen LogP contribution in [0.5, 0.6) is 5.88 Å². The molecule has 2 heterocycles. The Labute approximate surface area is 105 Å². The van der Waals surface area contributed by atoms with Crippen LogP contribution in [0.3, 0.4) is 0 Å². The van der Waals surface area contributed by atoms with Crippen molar-refractivity contribution in [2.75, 3.05) is 12.5 Å². The molecule has 94 valence electrons. The Bertz CT molecular complexity index is 553. The number of pyridine rings is 1. The highest BCUT2D eigenvalue weighted by molar-refractivity contribution is 5.58. The van der Waals surface area contributed by atoms with E-state index in [0.717, 1.165) is 16.8 Å². The molecule has 18 heavy (non-hydrogen) atoms. The van der Waals surface area contributed by atoms with E-state index in [1.165, 1.54) is 0 Å². The van der Waals surface area contributed by atoms with Crippen molar-refractivity contribution in [2.24, 2.45) is 5.84 Å². The molecule has 0 aliphatic heterocycles. The van der Waals surface area contributed by atoms with E-state index in [9.17, 15) is 0 Å². The van der Waals surface area contributed by atoms with Gasteiger partial charge in [-0.05, 0) is 19.9 Å². The van der Waals surface area contributed by atoms with Gasteiger partial charge in [-0.25, -0.2) is 20.8 Å². The minimum Gasteiger partial charge on any atom is -0.481 e. The molecule has 0 atom stereocenters. The predicted molar refractivity (Wildman–Crippen MR) is 69.1 cm³/mol. The largest absolute Gasteiger partial charge is 0.481 e. The maximum atomic E-state index is 5.44. The zero-order chi connectivity index (χ0) is 13.1. The summed E-state index contributed by atoms with van der Waals surface area (Å²) in [6.45, 7) is 3.83. The van der Waals surface area contributed by atoms with E-state index < -0.39 is 0 Å². The molecule has 2 rings (SSSR count). The van der Waals surface area contributed by atoms with Crippen molar-refractivity contribution in [2.45, 2.75) is 13.8 Å². The number of methoxy groups -OCH3 is 1. The predicted octanol–water partition coefficient (Wildman–Crippen LogP) is 1.45. The maximum absolute atomic E-state index is 5.44. The number of nitrogens with one attached hydrogen (secondary N) is 1. The molecule has 0 bridgehead atoms. The minimum atomic E-state index is 0.555. The lowest BCUT2D eigenvalue weighted by Crippen LogP contribution is -2.12. The fourth-order valence-corrected chi connectivity index (χ4v) is 1.53. The normalized spacial score (nSPS) is 10.2. The van der Waals surface area contributed by atoms with Gasteiger partial charge in [0.25, 0.3) is 0 Å². The zero-order valence-electron chi connectivity index (χ0n) is 10.6. The van der Waals surface area contributed by atoms with Gasteiger partial charge in [-0.1, -0.05) is 0 Å². The van der Waals surface area contributed by atoms with Crippen molar-refractivity contribution < 1.29 is 4.74 Å². The molecule has 0 saturated carbocycles. The van der Waals surface area contributed by atoms with Crippen LogP contribution in [0.1, 0.15) is 11.3 Å². The molecule has 0 amide bonds. The van der Waals surface area contributed by atoms with E-state index in [2.05, 4.69) is 20.4 Å². The van der Waals surface area contributed by atoms with E-state index in [0.29, 0.717) is 17.5 Å². The lowest BCUT2D eigenvalue weighted by molar-refractivity contribution is 0.398. The molecule has 2 aromatic heterocycles. The fraction of sp³-hybridized carbons (Fsp3) is 0.250. The Morgan fingerprint density at radius 2 is 2.00 bits per heavy atom. The van der Waals surface area contributed by atoms with Crippen LogP contribution in [0, 0.1) is 13.8 Å². The number of nitrogen functional groups attached to an aromatic ring is 1. The van der Waals surface area contributed by atoms with Gasteiger partial charge in [0.05, 0.1) is 7.11 Å². The molecule has 0 aliphatic rings. The number of rotatable bonds is 3.